The van der Waals surface area contributed by atoms with Gasteiger partial charge in [0.15, 0.2) is 12.1 Å². The highest BCUT2D eigenvalue weighted by molar-refractivity contribution is 5.76. The van der Waals surface area contributed by atoms with E-state index in [1.807, 2.05) is 45.2 Å². The van der Waals surface area contributed by atoms with E-state index in [0.717, 1.165) is 51.4 Å². The minimum Gasteiger partial charge on any atom is -0.508 e. The van der Waals surface area contributed by atoms with Gasteiger partial charge >= 0.3 is 5.97 Å². The molecule has 0 aliphatic carbocycles. The summed E-state index contributed by atoms with van der Waals surface area (Å²) in [6.45, 7) is 12.3. The maximum atomic E-state index is 11.7. The lowest BCUT2D eigenvalue weighted by atomic mass is 9.98. The molecule has 0 amide bonds. The van der Waals surface area contributed by atoms with Gasteiger partial charge in [-0.3, -0.25) is 19.1 Å². The van der Waals surface area contributed by atoms with Gasteiger partial charge in [0, 0.05) is 50.9 Å². The first-order chi connectivity index (χ1) is 20.7. The second kappa shape index (κ2) is 18.0. The number of hydrogen-bond donors (Lipinski definition) is 5. The fraction of sp³-hybridized carbons (Fsp3) is 0.484. The summed E-state index contributed by atoms with van der Waals surface area (Å²) in [6, 6.07) is 10.8. The van der Waals surface area contributed by atoms with Crippen LogP contribution in [0.1, 0.15) is 61.3 Å². The minimum absolute atomic E-state index is 0.00312. The van der Waals surface area contributed by atoms with Crippen molar-refractivity contribution in [2.75, 3.05) is 53.4 Å². The van der Waals surface area contributed by atoms with Crippen molar-refractivity contribution in [3.8, 4) is 28.6 Å². The molecule has 3 aromatic rings. The van der Waals surface area contributed by atoms with Crippen LogP contribution < -0.4 is 11.1 Å². The number of hydrogen-bond acceptors (Lipinski definition) is 10. The molecule has 1 aromatic heterocycles. The molecule has 0 saturated carbocycles. The third kappa shape index (κ3) is 10.1. The summed E-state index contributed by atoms with van der Waals surface area (Å²) in [5.74, 6) is -0.447. The number of aliphatic carboxylic acids is 1. The molecule has 0 radical (unpaired) electrons. The highest BCUT2D eigenvalue weighted by Crippen LogP contribution is 2.38. The normalized spacial score (nSPS) is 13.6. The van der Waals surface area contributed by atoms with E-state index in [9.17, 15) is 19.8 Å². The quantitative estimate of drug-likeness (QED) is 0.206. The number of aldehydes is 1. The zero-order valence-electron chi connectivity index (χ0n) is 26.0. The lowest BCUT2D eigenvalue weighted by Gasteiger charge is -2.34. The number of nitrogens with two attached hydrogens (primary N) is 1. The molecule has 2 heterocycles. The summed E-state index contributed by atoms with van der Waals surface area (Å²) in [4.78, 5) is 27.1. The van der Waals surface area contributed by atoms with E-state index in [2.05, 4.69) is 38.0 Å². The maximum Gasteiger partial charge on any atom is 0.303 e. The van der Waals surface area contributed by atoms with Gasteiger partial charge in [-0.1, -0.05) is 32.9 Å². The van der Waals surface area contributed by atoms with Gasteiger partial charge in [0.2, 0.25) is 5.82 Å². The summed E-state index contributed by atoms with van der Waals surface area (Å²) < 4.78 is 1.60. The van der Waals surface area contributed by atoms with Crippen molar-refractivity contribution in [3.63, 3.8) is 0 Å². The van der Waals surface area contributed by atoms with Crippen molar-refractivity contribution in [3.05, 3.63) is 53.3 Å². The number of nitrogens with zero attached hydrogens (tertiary/aromatic N) is 5. The first-order valence-electron chi connectivity index (χ1n) is 14.6. The Kier molecular flexibility index (Phi) is 14.8. The van der Waals surface area contributed by atoms with Crippen molar-refractivity contribution in [2.24, 2.45) is 5.73 Å². The Balaban J connectivity index is 0.000000993. The third-order valence-corrected chi connectivity index (χ3v) is 7.09. The minimum atomic E-state index is -0.749. The molecule has 0 unspecified atom stereocenters. The van der Waals surface area contributed by atoms with Crippen molar-refractivity contribution in [1.82, 2.24) is 29.9 Å². The van der Waals surface area contributed by atoms with Crippen molar-refractivity contribution >= 4 is 12.3 Å². The second-order valence-corrected chi connectivity index (χ2v) is 10.4. The molecule has 0 spiro atoms. The van der Waals surface area contributed by atoms with E-state index in [1.54, 1.807) is 10.6 Å². The fourth-order valence-electron chi connectivity index (χ4n) is 4.67. The predicted molar refractivity (Wildman–Crippen MR) is 168 cm³/mol. The predicted octanol–water partition coefficient (Wildman–Crippen LogP) is 3.06. The topological polar surface area (TPSA) is 170 Å². The maximum absolute atomic E-state index is 11.7. The molecule has 12 nitrogen and oxygen atoms in total. The Bertz CT molecular complexity index is 1280. The van der Waals surface area contributed by atoms with Gasteiger partial charge in [-0.15, -0.1) is 10.2 Å². The average Bonchev–Trinajstić information content (AvgIpc) is 3.43. The third-order valence-electron chi connectivity index (χ3n) is 7.09. The number of aromatic hydroxyl groups is 2. The van der Waals surface area contributed by atoms with Crippen LogP contribution in [-0.2, 0) is 11.3 Å². The molecular weight excluding hydrogens is 550 g/mol. The van der Waals surface area contributed by atoms with Gasteiger partial charge in [0.1, 0.15) is 11.5 Å². The van der Waals surface area contributed by atoms with E-state index in [1.165, 1.54) is 13.1 Å². The molecule has 0 atom stereocenters. The molecule has 1 aliphatic heterocycles. The second-order valence-electron chi connectivity index (χ2n) is 10.4. The van der Waals surface area contributed by atoms with Crippen LogP contribution in [0.15, 0.2) is 36.4 Å². The van der Waals surface area contributed by atoms with Crippen molar-refractivity contribution in [1.29, 1.82) is 0 Å². The average molecular weight is 598 g/mol. The number of carboxylic acids is 1. The molecule has 12 heteroatoms. The lowest BCUT2D eigenvalue weighted by Crippen LogP contribution is -2.46. The van der Waals surface area contributed by atoms with Gasteiger partial charge in [-0.2, -0.15) is 0 Å². The zero-order chi connectivity index (χ0) is 31.9. The fourth-order valence-corrected chi connectivity index (χ4v) is 4.67. The van der Waals surface area contributed by atoms with Crippen LogP contribution >= 0.6 is 0 Å². The lowest BCUT2D eigenvalue weighted by molar-refractivity contribution is -0.137. The largest absolute Gasteiger partial charge is 0.508 e. The Hall–Kier alpha value is -3.84. The number of rotatable bonds is 11. The van der Waals surface area contributed by atoms with Crippen LogP contribution in [0.25, 0.3) is 17.1 Å². The molecule has 4 rings (SSSR count). The van der Waals surface area contributed by atoms with Crippen LogP contribution in [0.5, 0.6) is 11.5 Å². The standard InChI is InChI=1S/C27H33N5O5.C3H9N.CH5N/c1-18(2)21-14-22(24(35)15-23(21)34)27-29-28-25(17-33)32(27)20-7-5-19(6-8-20)16-31-12-10-30(11-13-31)9-3-4-26(36)37;1-3-4-2;1-2/h5-8,14-15,17-18,34-35H,3-4,9-13,16H2,1-2H3,(H,36,37);4H,3H2,1-2H3;2H2,1H3. The highest BCUT2D eigenvalue weighted by Gasteiger charge is 2.21. The Morgan fingerprint density at radius 3 is 2.16 bits per heavy atom. The molecule has 1 fully saturated rings. The summed E-state index contributed by atoms with van der Waals surface area (Å²) >= 11 is 0. The smallest absolute Gasteiger partial charge is 0.303 e. The van der Waals surface area contributed by atoms with E-state index >= 15 is 0 Å². The first kappa shape index (κ1) is 35.4. The van der Waals surface area contributed by atoms with Gasteiger partial charge < -0.3 is 31.3 Å². The molecule has 6 N–H and O–H groups in total. The summed E-state index contributed by atoms with van der Waals surface area (Å²) in [6.07, 6.45) is 1.50. The molecule has 236 valence electrons. The van der Waals surface area contributed by atoms with Gasteiger partial charge in [0.25, 0.3) is 0 Å². The van der Waals surface area contributed by atoms with Crippen LogP contribution in [0.4, 0.5) is 0 Å². The monoisotopic (exact) mass is 597 g/mol. The molecular formula is C31H47N7O5. The van der Waals surface area contributed by atoms with Crippen LogP contribution in [0.3, 0.4) is 0 Å². The first-order valence-corrected chi connectivity index (χ1v) is 14.6. The SMILES string of the molecule is CC(C)c1cc(-c2nnc(C=O)n2-c2ccc(CN3CCN(CCCC(=O)O)CC3)cc2)c(O)cc1O.CCNC.CN. The van der Waals surface area contributed by atoms with Gasteiger partial charge in [0.05, 0.1) is 5.56 Å². The molecule has 1 saturated heterocycles. The van der Waals surface area contributed by atoms with Crippen molar-refractivity contribution in [2.45, 2.75) is 46.1 Å². The van der Waals surface area contributed by atoms with Crippen LogP contribution in [-0.4, -0.2) is 106 Å². The van der Waals surface area contributed by atoms with E-state index in [0.29, 0.717) is 35.3 Å². The van der Waals surface area contributed by atoms with Gasteiger partial charge in [-0.05, 0) is 68.8 Å². The molecule has 1 aliphatic rings. The summed E-state index contributed by atoms with van der Waals surface area (Å²) in [7, 11) is 3.43. The summed E-state index contributed by atoms with van der Waals surface area (Å²) in [5.41, 5.74) is 7.35. The number of benzene rings is 2. The van der Waals surface area contributed by atoms with Crippen LogP contribution in [0.2, 0.25) is 0 Å². The molecule has 0 bridgehead atoms. The number of phenolic OH excluding ortho intramolecular Hbond substituents is 2. The number of carboxylic acid groups (broad SMARTS) is 1. The number of piperazine rings is 1. The van der Waals surface area contributed by atoms with Crippen LogP contribution in [0, 0.1) is 0 Å². The van der Waals surface area contributed by atoms with E-state index in [4.69, 9.17) is 5.11 Å². The summed E-state index contributed by atoms with van der Waals surface area (Å²) in [5, 5.41) is 40.7. The number of carbonyl (C=O) groups is 2. The van der Waals surface area contributed by atoms with E-state index in [-0.39, 0.29) is 29.7 Å². The number of carbonyl (C=O) groups excluding carboxylic acids is 1. The van der Waals surface area contributed by atoms with Gasteiger partial charge in [-0.25, -0.2) is 0 Å². The zero-order valence-corrected chi connectivity index (χ0v) is 26.0. The van der Waals surface area contributed by atoms with Crippen molar-refractivity contribution < 1.29 is 24.9 Å². The number of nitrogens with one attached hydrogen (secondary N) is 1. The number of phenols is 2. The molecule has 43 heavy (non-hydrogen) atoms. The highest BCUT2D eigenvalue weighted by atomic mass is 16.4. The van der Waals surface area contributed by atoms with E-state index < -0.39 is 5.97 Å². The number of aromatic nitrogens is 3. The Labute approximate surface area is 254 Å². The molecule has 2 aromatic carbocycles. The Morgan fingerprint density at radius 2 is 1.63 bits per heavy atom. The Morgan fingerprint density at radius 1 is 1.02 bits per heavy atom.